The van der Waals surface area contributed by atoms with Crippen LogP contribution in [0.25, 0.3) is 43.8 Å². The zero-order valence-electron chi connectivity index (χ0n) is 50.8. The molecule has 0 heterocycles. The summed E-state index contributed by atoms with van der Waals surface area (Å²) in [6, 6.07) is 125. The molecule has 1 unspecified atom stereocenters. The lowest BCUT2D eigenvalue weighted by molar-refractivity contribution is 1.27. The highest BCUT2D eigenvalue weighted by molar-refractivity contribution is 6.92. The number of para-hydroxylation sites is 4. The third kappa shape index (κ3) is 12.6. The number of nitrogens with zero attached hydrogens (tertiary/aromatic N) is 4. The van der Waals surface area contributed by atoms with E-state index in [1.165, 1.54) is 54.9 Å². The fourth-order valence-corrected chi connectivity index (χ4v) is 11.6. The number of aryl methyl sites for hydroxylation is 2. The van der Waals surface area contributed by atoms with Crippen LogP contribution in [-0.4, -0.2) is 2.56 Å². The van der Waals surface area contributed by atoms with E-state index in [4.69, 9.17) is 2.56 Å². The van der Waals surface area contributed by atoms with E-state index in [2.05, 4.69) is 385 Å². The standard InChI is InChI=1S/C44H32N2.C38H32N2.H3P/c1-3-17-37(18-4-1)45(43-23-11-15-35-13-7-9-21-41(35)43)39-29-25-33(26-30-39)34-27-31-40(32-28-34)46(38-19-5-2-6-20-38)44-24-12-16-36-14-8-10-22-42(36)44;1-29-11-9-17-37(27-29)39(33-13-5-3-6-14-33)35-23-19-31(20-24-35)32-21-25-36(26-22-32)40(34-15-7-4-8-16-34)38-18-10-12-30(2)28-38;/h1-32H;3-28H,1-2H3;1H3/i;;1TD. The van der Waals surface area contributed by atoms with Crippen molar-refractivity contribution in [1.82, 2.24) is 0 Å². The van der Waals surface area contributed by atoms with E-state index in [0.29, 0.717) is 0 Å². The van der Waals surface area contributed by atoms with Crippen LogP contribution in [0.4, 0.5) is 68.2 Å². The highest BCUT2D eigenvalue weighted by atomic mass is 31.0. The molecule has 87 heavy (non-hydrogen) atoms. The lowest BCUT2D eigenvalue weighted by atomic mass is 10.0. The monoisotopic (exact) mass is 1140 g/mol. The van der Waals surface area contributed by atoms with Gasteiger partial charge in [-0.3, -0.25) is 0 Å². The smallest absolute Gasteiger partial charge is 0.0540 e. The van der Waals surface area contributed by atoms with Gasteiger partial charge in [0.15, 0.2) is 0 Å². The van der Waals surface area contributed by atoms with Crippen LogP contribution >= 0.6 is 9.79 Å². The number of fused-ring (bicyclic) bond motifs is 2. The van der Waals surface area contributed by atoms with E-state index >= 15 is 0 Å². The summed E-state index contributed by atoms with van der Waals surface area (Å²) < 4.78 is 11.8. The lowest BCUT2D eigenvalue weighted by Crippen LogP contribution is -2.10. The van der Waals surface area contributed by atoms with Crippen LogP contribution < -0.4 is 19.6 Å². The summed E-state index contributed by atoms with van der Waals surface area (Å²) in [5, 5.41) is 4.90. The minimum Gasteiger partial charge on any atom is -0.310 e. The second kappa shape index (κ2) is 26.4. The van der Waals surface area contributed by atoms with E-state index in [1.54, 1.807) is 0 Å². The molecule has 0 aliphatic heterocycles. The Kier molecular flexibility index (Phi) is 16.5. The van der Waals surface area contributed by atoms with Gasteiger partial charge in [-0.25, -0.2) is 0 Å². The first-order chi connectivity index (χ1) is 43.9. The molecular formula is C82H67N4P. The molecule has 0 saturated heterocycles. The number of anilines is 12. The van der Waals surface area contributed by atoms with Crippen molar-refractivity contribution in [2.45, 2.75) is 13.8 Å². The van der Waals surface area contributed by atoms with E-state index in [1.807, 2.05) is 0 Å². The van der Waals surface area contributed by atoms with Gasteiger partial charge in [-0.2, -0.15) is 9.79 Å². The Morgan fingerprint density at radius 2 is 0.471 bits per heavy atom. The quantitative estimate of drug-likeness (QED) is 0.101. The summed E-state index contributed by atoms with van der Waals surface area (Å²) in [7, 11) is -0.417. The van der Waals surface area contributed by atoms with Crippen molar-refractivity contribution < 1.29 is 0 Å². The fourth-order valence-electron chi connectivity index (χ4n) is 11.6. The molecule has 0 N–H and O–H groups in total. The summed E-state index contributed by atoms with van der Waals surface area (Å²) >= 11 is 0. The first kappa shape index (κ1) is 54.2. The Morgan fingerprint density at radius 1 is 0.241 bits per heavy atom. The van der Waals surface area contributed by atoms with Crippen LogP contribution in [0.1, 0.15) is 11.1 Å². The first-order valence-corrected chi connectivity index (χ1v) is 29.4. The maximum Gasteiger partial charge on any atom is 0.0540 e. The van der Waals surface area contributed by atoms with E-state index < -0.39 is 9.79 Å². The summed E-state index contributed by atoms with van der Waals surface area (Å²) in [5.41, 5.74) is 20.9. The zero-order chi connectivity index (χ0) is 60.7. The largest absolute Gasteiger partial charge is 0.310 e. The van der Waals surface area contributed by atoms with Crippen molar-refractivity contribution in [2.75, 3.05) is 19.6 Å². The second-order valence-electron chi connectivity index (χ2n) is 21.5. The van der Waals surface area contributed by atoms with Gasteiger partial charge in [-0.15, -0.1) is 0 Å². The molecule has 0 aliphatic carbocycles. The highest BCUT2D eigenvalue weighted by Crippen LogP contribution is 2.43. The highest BCUT2D eigenvalue weighted by Gasteiger charge is 2.19. The zero-order valence-corrected chi connectivity index (χ0v) is 49.8. The maximum atomic E-state index is 5.90. The molecule has 0 aliphatic rings. The van der Waals surface area contributed by atoms with Crippen molar-refractivity contribution in [3.63, 3.8) is 0 Å². The summed E-state index contributed by atoms with van der Waals surface area (Å²) in [5.74, 6) is 0. The Morgan fingerprint density at radius 3 is 0.782 bits per heavy atom. The molecule has 0 aromatic heterocycles. The van der Waals surface area contributed by atoms with Crippen molar-refractivity contribution in [1.29, 1.82) is 2.56 Å². The average Bonchev–Trinajstić information content (AvgIpc) is 1.49. The van der Waals surface area contributed by atoms with Crippen LogP contribution in [0.2, 0.25) is 0 Å². The fraction of sp³-hybridized carbons (Fsp3) is 0.0244. The van der Waals surface area contributed by atoms with Gasteiger partial charge in [0.05, 0.1) is 13.9 Å². The van der Waals surface area contributed by atoms with Gasteiger partial charge in [0.25, 0.3) is 0 Å². The average molecular weight is 1140 g/mol. The summed E-state index contributed by atoms with van der Waals surface area (Å²) in [6.45, 7) is 4.27. The number of hydrogen-bond donors (Lipinski definition) is 0. The molecular weight excluding hydrogens is 1070 g/mol. The molecule has 14 aromatic rings. The van der Waals surface area contributed by atoms with Crippen LogP contribution in [0, 0.1) is 13.8 Å². The molecule has 0 fully saturated rings. The van der Waals surface area contributed by atoms with Crippen LogP contribution in [0.15, 0.2) is 352 Å². The minimum atomic E-state index is -0.417. The number of hydrogen-bond acceptors (Lipinski definition) is 4. The number of rotatable bonds is 14. The molecule has 14 aromatic carbocycles. The Balaban J connectivity index is 0.000000167. The topological polar surface area (TPSA) is 13.0 Å². The van der Waals surface area contributed by atoms with E-state index in [9.17, 15) is 0 Å². The molecule has 5 heteroatoms. The second-order valence-corrected chi connectivity index (χ2v) is 21.5. The summed E-state index contributed by atoms with van der Waals surface area (Å²) in [6.07, 6.45) is 0. The van der Waals surface area contributed by atoms with Gasteiger partial charge < -0.3 is 19.6 Å². The van der Waals surface area contributed by atoms with Crippen LogP contribution in [0.5, 0.6) is 0 Å². The predicted octanol–water partition coefficient (Wildman–Crippen LogP) is 23.6. The molecule has 4 nitrogen and oxygen atoms in total. The van der Waals surface area contributed by atoms with Crippen molar-refractivity contribution in [2.24, 2.45) is 0 Å². The van der Waals surface area contributed by atoms with Crippen molar-refractivity contribution in [3.8, 4) is 22.3 Å². The van der Waals surface area contributed by atoms with Crippen LogP contribution in [-0.2, 0) is 0 Å². The number of benzene rings is 14. The van der Waals surface area contributed by atoms with Crippen molar-refractivity contribution in [3.05, 3.63) is 363 Å². The van der Waals surface area contributed by atoms with Gasteiger partial charge in [0.1, 0.15) is 0 Å². The van der Waals surface area contributed by atoms with Gasteiger partial charge in [-0.05, 0) is 191 Å². The predicted molar refractivity (Wildman–Crippen MR) is 378 cm³/mol. The third-order valence-corrected chi connectivity index (χ3v) is 15.8. The van der Waals surface area contributed by atoms with Crippen LogP contribution in [0.3, 0.4) is 0 Å². The molecule has 420 valence electrons. The van der Waals surface area contributed by atoms with E-state index in [-0.39, 0.29) is 0 Å². The molecule has 0 spiro atoms. The Bertz CT molecular complexity index is 4250. The third-order valence-electron chi connectivity index (χ3n) is 15.8. The Hall–Kier alpha value is -10.8. The lowest BCUT2D eigenvalue weighted by Gasteiger charge is -2.27. The first-order valence-electron chi connectivity index (χ1n) is 30.4. The maximum absolute atomic E-state index is 5.90. The van der Waals surface area contributed by atoms with Gasteiger partial charge in [0.2, 0.25) is 0 Å². The minimum absolute atomic E-state index is 0.417. The van der Waals surface area contributed by atoms with Crippen molar-refractivity contribution >= 4 is 99.6 Å². The van der Waals surface area contributed by atoms with Gasteiger partial charge >= 0.3 is 0 Å². The SMILES string of the molecule is Cc1cccc(N(c2ccccc2)c2ccc(-c3ccc(N(c4ccccc4)c4cccc(C)c4)cc3)cc2)c1.[2H]P[3H].c1ccc(N(c2ccc(-c3ccc(N(c4ccccc4)c4cccc5ccccc45)cc3)cc2)c2cccc3ccccc23)cc1. The van der Waals surface area contributed by atoms with Gasteiger partial charge in [-0.1, -0.05) is 218 Å². The molecule has 0 bridgehead atoms. The van der Waals surface area contributed by atoms with Gasteiger partial charge in [0, 0.05) is 67.6 Å². The molecule has 14 rings (SSSR count). The molecule has 1 atom stereocenters. The summed E-state index contributed by atoms with van der Waals surface area (Å²) in [4.78, 5) is 9.30. The Labute approximate surface area is 518 Å². The molecule has 0 saturated carbocycles. The van der Waals surface area contributed by atoms with E-state index in [0.717, 1.165) is 68.2 Å². The normalized spacial score (nSPS) is 11.1. The molecule has 0 amide bonds. The molecule has 0 radical (unpaired) electrons.